The summed E-state index contributed by atoms with van der Waals surface area (Å²) < 4.78 is 0.983. The minimum Gasteiger partial charge on any atom is -0.341 e. The molecule has 1 amide bonds. The quantitative estimate of drug-likeness (QED) is 0.832. The Bertz CT molecular complexity index is 388. The molecule has 0 heterocycles. The minimum absolute atomic E-state index is 0.0781. The molecule has 1 aromatic rings. The van der Waals surface area contributed by atoms with Crippen molar-refractivity contribution in [3.63, 3.8) is 0 Å². The van der Waals surface area contributed by atoms with Gasteiger partial charge < -0.3 is 4.90 Å². The van der Waals surface area contributed by atoms with Crippen molar-refractivity contribution in [2.24, 2.45) is 5.92 Å². The first-order valence-corrected chi connectivity index (χ1v) is 6.22. The molecule has 0 saturated carbocycles. The van der Waals surface area contributed by atoms with Gasteiger partial charge in [-0.2, -0.15) is 0 Å². The van der Waals surface area contributed by atoms with Gasteiger partial charge in [-0.05, 0) is 30.5 Å². The molecule has 1 rings (SSSR count). The van der Waals surface area contributed by atoms with Crippen molar-refractivity contribution in [3.05, 3.63) is 33.8 Å². The Kier molecular flexibility index (Phi) is 4.54. The topological polar surface area (TPSA) is 20.3 Å². The summed E-state index contributed by atoms with van der Waals surface area (Å²) >= 11 is 3.44. The van der Waals surface area contributed by atoms with Crippen molar-refractivity contribution in [2.75, 3.05) is 13.6 Å². The number of halogens is 1. The van der Waals surface area contributed by atoms with Gasteiger partial charge in [-0.15, -0.1) is 0 Å². The second-order valence-electron chi connectivity index (χ2n) is 4.54. The molecule has 0 atom stereocenters. The Morgan fingerprint density at radius 3 is 2.56 bits per heavy atom. The fourth-order valence-electron chi connectivity index (χ4n) is 1.58. The Labute approximate surface area is 106 Å². The molecule has 3 heteroatoms. The summed E-state index contributed by atoms with van der Waals surface area (Å²) in [5.41, 5.74) is 1.88. The number of carbonyl (C=O) groups excluding carboxylic acids is 1. The number of rotatable bonds is 3. The maximum absolute atomic E-state index is 12.0. The highest BCUT2D eigenvalue weighted by Gasteiger charge is 2.13. The highest BCUT2D eigenvalue weighted by Crippen LogP contribution is 2.18. The summed E-state index contributed by atoms with van der Waals surface area (Å²) in [5.74, 6) is 0.567. The number of hydrogen-bond acceptors (Lipinski definition) is 1. The van der Waals surface area contributed by atoms with E-state index < -0.39 is 0 Å². The normalized spacial score (nSPS) is 10.6. The highest BCUT2D eigenvalue weighted by molar-refractivity contribution is 9.10. The number of benzene rings is 1. The smallest absolute Gasteiger partial charge is 0.253 e. The molecule has 0 unspecified atom stereocenters. The van der Waals surface area contributed by atoms with Crippen LogP contribution in [0.15, 0.2) is 22.7 Å². The third-order valence-corrected chi connectivity index (χ3v) is 3.26. The van der Waals surface area contributed by atoms with Crippen LogP contribution in [0.1, 0.15) is 29.8 Å². The first-order valence-electron chi connectivity index (χ1n) is 5.43. The molecular weight excluding hydrogens is 266 g/mol. The largest absolute Gasteiger partial charge is 0.341 e. The van der Waals surface area contributed by atoms with E-state index in [0.717, 1.165) is 22.1 Å². The van der Waals surface area contributed by atoms with Crippen molar-refractivity contribution in [1.29, 1.82) is 0 Å². The molecule has 16 heavy (non-hydrogen) atoms. The molecule has 0 saturated heterocycles. The molecule has 0 aliphatic rings. The van der Waals surface area contributed by atoms with Crippen LogP contribution >= 0.6 is 15.9 Å². The molecule has 0 spiro atoms. The molecule has 1 aromatic carbocycles. The van der Waals surface area contributed by atoms with Gasteiger partial charge in [0, 0.05) is 23.6 Å². The summed E-state index contributed by atoms with van der Waals surface area (Å²) in [4.78, 5) is 13.8. The van der Waals surface area contributed by atoms with E-state index in [9.17, 15) is 4.79 Å². The minimum atomic E-state index is 0.0781. The summed E-state index contributed by atoms with van der Waals surface area (Å²) in [6.07, 6.45) is 0. The van der Waals surface area contributed by atoms with Crippen LogP contribution in [0.5, 0.6) is 0 Å². The Hall–Kier alpha value is -0.830. The van der Waals surface area contributed by atoms with Crippen molar-refractivity contribution in [3.8, 4) is 0 Å². The maximum atomic E-state index is 12.0. The molecule has 2 nitrogen and oxygen atoms in total. The van der Waals surface area contributed by atoms with Gasteiger partial charge in [-0.25, -0.2) is 0 Å². The number of carbonyl (C=O) groups is 1. The average molecular weight is 284 g/mol. The van der Waals surface area contributed by atoms with Gasteiger partial charge in [0.1, 0.15) is 0 Å². The Morgan fingerprint density at radius 1 is 1.44 bits per heavy atom. The first-order chi connectivity index (χ1) is 7.41. The van der Waals surface area contributed by atoms with Gasteiger partial charge in [0.15, 0.2) is 0 Å². The third-order valence-electron chi connectivity index (χ3n) is 2.40. The zero-order valence-corrected chi connectivity index (χ0v) is 11.8. The lowest BCUT2D eigenvalue weighted by molar-refractivity contribution is 0.0779. The van der Waals surface area contributed by atoms with Crippen LogP contribution < -0.4 is 0 Å². The first kappa shape index (κ1) is 13.2. The lowest BCUT2D eigenvalue weighted by Gasteiger charge is -2.19. The van der Waals surface area contributed by atoms with Crippen molar-refractivity contribution in [1.82, 2.24) is 4.90 Å². The molecule has 0 aliphatic heterocycles. The van der Waals surface area contributed by atoms with Gasteiger partial charge >= 0.3 is 0 Å². The fourth-order valence-corrected chi connectivity index (χ4v) is 1.96. The lowest BCUT2D eigenvalue weighted by atomic mass is 10.1. The monoisotopic (exact) mass is 283 g/mol. The van der Waals surface area contributed by atoms with Crippen molar-refractivity contribution < 1.29 is 4.79 Å². The fraction of sp³-hybridized carbons (Fsp3) is 0.462. The molecule has 0 aromatic heterocycles. The van der Waals surface area contributed by atoms with Gasteiger partial charge in [0.25, 0.3) is 5.91 Å². The standard InChI is InChI=1S/C13H18BrNO/c1-9(2)8-15(4)13(16)11-6-5-10(3)12(14)7-11/h5-7,9H,8H2,1-4H3. The Morgan fingerprint density at radius 2 is 2.06 bits per heavy atom. The van der Waals surface area contributed by atoms with Gasteiger partial charge in [0.2, 0.25) is 0 Å². The van der Waals surface area contributed by atoms with E-state index in [0.29, 0.717) is 5.92 Å². The summed E-state index contributed by atoms with van der Waals surface area (Å²) in [7, 11) is 1.84. The van der Waals surface area contributed by atoms with Gasteiger partial charge in [0.05, 0.1) is 0 Å². The van der Waals surface area contributed by atoms with Crippen LogP contribution in [0.25, 0.3) is 0 Å². The van der Waals surface area contributed by atoms with Crippen LogP contribution in [0, 0.1) is 12.8 Å². The van der Waals surface area contributed by atoms with Crippen LogP contribution in [-0.2, 0) is 0 Å². The second kappa shape index (κ2) is 5.48. The van der Waals surface area contributed by atoms with Crippen LogP contribution in [-0.4, -0.2) is 24.4 Å². The molecule has 0 aliphatic carbocycles. The van der Waals surface area contributed by atoms with Crippen molar-refractivity contribution >= 4 is 21.8 Å². The van der Waals surface area contributed by atoms with E-state index >= 15 is 0 Å². The van der Waals surface area contributed by atoms with E-state index in [1.165, 1.54) is 0 Å². The van der Waals surface area contributed by atoms with Crippen LogP contribution in [0.4, 0.5) is 0 Å². The number of aryl methyl sites for hydroxylation is 1. The van der Waals surface area contributed by atoms with E-state index in [4.69, 9.17) is 0 Å². The molecular formula is C13H18BrNO. The summed E-state index contributed by atoms with van der Waals surface area (Å²) in [6, 6.07) is 5.72. The maximum Gasteiger partial charge on any atom is 0.253 e. The molecule has 0 bridgehead atoms. The molecule has 0 fully saturated rings. The second-order valence-corrected chi connectivity index (χ2v) is 5.40. The number of amides is 1. The van der Waals surface area contributed by atoms with Crippen molar-refractivity contribution in [2.45, 2.75) is 20.8 Å². The SMILES string of the molecule is Cc1ccc(C(=O)N(C)CC(C)C)cc1Br. The van der Waals surface area contributed by atoms with E-state index in [2.05, 4.69) is 29.8 Å². The van der Waals surface area contributed by atoms with E-state index in [1.807, 2.05) is 32.2 Å². The number of nitrogens with zero attached hydrogens (tertiary/aromatic N) is 1. The molecule has 0 radical (unpaired) electrons. The van der Waals surface area contributed by atoms with E-state index in [-0.39, 0.29) is 5.91 Å². The van der Waals surface area contributed by atoms with Crippen LogP contribution in [0.2, 0.25) is 0 Å². The van der Waals surface area contributed by atoms with Gasteiger partial charge in [-0.3, -0.25) is 4.79 Å². The summed E-state index contributed by atoms with van der Waals surface area (Å²) in [5, 5.41) is 0. The predicted molar refractivity (Wildman–Crippen MR) is 70.7 cm³/mol. The summed E-state index contributed by atoms with van der Waals surface area (Å²) in [6.45, 7) is 7.00. The molecule has 0 N–H and O–H groups in total. The van der Waals surface area contributed by atoms with E-state index in [1.54, 1.807) is 4.90 Å². The highest BCUT2D eigenvalue weighted by atomic mass is 79.9. The number of hydrogen-bond donors (Lipinski definition) is 0. The van der Waals surface area contributed by atoms with Crippen LogP contribution in [0.3, 0.4) is 0 Å². The molecule has 88 valence electrons. The Balaban J connectivity index is 2.84. The zero-order valence-electron chi connectivity index (χ0n) is 10.2. The average Bonchev–Trinajstić information content (AvgIpc) is 2.20. The van der Waals surface area contributed by atoms with Gasteiger partial charge in [-0.1, -0.05) is 35.8 Å². The lowest BCUT2D eigenvalue weighted by Crippen LogP contribution is -2.30. The predicted octanol–water partition coefficient (Wildman–Crippen LogP) is 3.49. The zero-order chi connectivity index (χ0) is 12.3. The third kappa shape index (κ3) is 3.34.